The number of likely N-dealkylation sites (N-methyl/N-ethyl adjacent to an activating group) is 1. The Kier molecular flexibility index (Phi) is 6.82. The predicted octanol–water partition coefficient (Wildman–Crippen LogP) is 3.41. The molecule has 4 heteroatoms. The van der Waals surface area contributed by atoms with Crippen LogP contribution in [-0.4, -0.2) is 31.1 Å². The zero-order chi connectivity index (χ0) is 13.5. The molecule has 1 aromatic carbocycles. The molecular formula is C14H22BrFN2. The molecule has 1 unspecified atom stereocenters. The molecular weight excluding hydrogens is 295 g/mol. The molecule has 0 aliphatic carbocycles. The summed E-state index contributed by atoms with van der Waals surface area (Å²) in [6.07, 6.45) is 1.16. The van der Waals surface area contributed by atoms with E-state index in [1.54, 1.807) is 6.07 Å². The molecule has 0 spiro atoms. The molecule has 0 bridgehead atoms. The van der Waals surface area contributed by atoms with Crippen LogP contribution < -0.4 is 5.32 Å². The van der Waals surface area contributed by atoms with E-state index >= 15 is 0 Å². The average Bonchev–Trinajstić information content (AvgIpc) is 2.32. The van der Waals surface area contributed by atoms with Gasteiger partial charge in [0.2, 0.25) is 0 Å². The number of benzene rings is 1. The first-order valence-electron chi connectivity index (χ1n) is 6.39. The van der Waals surface area contributed by atoms with Crippen LogP contribution in [0, 0.1) is 5.82 Å². The Balaban J connectivity index is 2.29. The van der Waals surface area contributed by atoms with Gasteiger partial charge in [-0.3, -0.25) is 0 Å². The first kappa shape index (κ1) is 15.6. The summed E-state index contributed by atoms with van der Waals surface area (Å²) in [6, 6.07) is 5.58. The lowest BCUT2D eigenvalue weighted by atomic mass is 10.2. The van der Waals surface area contributed by atoms with Crippen LogP contribution in [0.4, 0.5) is 4.39 Å². The average molecular weight is 317 g/mol. The van der Waals surface area contributed by atoms with Crippen LogP contribution >= 0.6 is 15.9 Å². The van der Waals surface area contributed by atoms with E-state index in [0.717, 1.165) is 29.5 Å². The molecule has 1 rings (SSSR count). The van der Waals surface area contributed by atoms with Gasteiger partial charge in [0.25, 0.3) is 0 Å². The van der Waals surface area contributed by atoms with Crippen molar-refractivity contribution in [2.45, 2.75) is 32.9 Å². The second-order valence-electron chi connectivity index (χ2n) is 4.69. The molecule has 0 saturated carbocycles. The summed E-state index contributed by atoms with van der Waals surface area (Å²) in [7, 11) is 2.13. The number of hydrogen-bond donors (Lipinski definition) is 1. The molecule has 0 fully saturated rings. The Labute approximate surface area is 118 Å². The summed E-state index contributed by atoms with van der Waals surface area (Å²) in [5.74, 6) is -0.196. The summed E-state index contributed by atoms with van der Waals surface area (Å²) >= 11 is 3.30. The zero-order valence-corrected chi connectivity index (χ0v) is 12.9. The fraction of sp³-hybridized carbons (Fsp3) is 0.571. The van der Waals surface area contributed by atoms with E-state index in [1.807, 2.05) is 6.07 Å². The fourth-order valence-electron chi connectivity index (χ4n) is 1.73. The second-order valence-corrected chi connectivity index (χ2v) is 5.61. The van der Waals surface area contributed by atoms with Crippen LogP contribution in [-0.2, 0) is 6.54 Å². The van der Waals surface area contributed by atoms with Crippen molar-refractivity contribution in [1.29, 1.82) is 0 Å². The highest BCUT2D eigenvalue weighted by atomic mass is 79.9. The normalized spacial score (nSPS) is 13.0. The van der Waals surface area contributed by atoms with Crippen LogP contribution in [0.5, 0.6) is 0 Å². The quantitative estimate of drug-likeness (QED) is 0.775. The minimum atomic E-state index is -0.196. The van der Waals surface area contributed by atoms with Crippen molar-refractivity contribution in [1.82, 2.24) is 10.2 Å². The van der Waals surface area contributed by atoms with Crippen LogP contribution in [0.3, 0.4) is 0 Å². The van der Waals surface area contributed by atoms with E-state index in [1.165, 1.54) is 6.07 Å². The maximum atomic E-state index is 13.2. The molecule has 1 aromatic rings. The Morgan fingerprint density at radius 2 is 2.11 bits per heavy atom. The van der Waals surface area contributed by atoms with Crippen molar-refractivity contribution < 1.29 is 4.39 Å². The Morgan fingerprint density at radius 3 is 2.72 bits per heavy atom. The predicted molar refractivity (Wildman–Crippen MR) is 78.2 cm³/mol. The first-order chi connectivity index (χ1) is 8.52. The molecule has 0 saturated heterocycles. The maximum absolute atomic E-state index is 13.2. The topological polar surface area (TPSA) is 15.3 Å². The van der Waals surface area contributed by atoms with Gasteiger partial charge in [0.15, 0.2) is 0 Å². The highest BCUT2D eigenvalue weighted by Gasteiger charge is 2.05. The molecule has 1 N–H and O–H groups in total. The van der Waals surface area contributed by atoms with E-state index in [4.69, 9.17) is 0 Å². The van der Waals surface area contributed by atoms with E-state index in [2.05, 4.69) is 47.0 Å². The summed E-state index contributed by atoms with van der Waals surface area (Å²) in [4.78, 5) is 2.33. The van der Waals surface area contributed by atoms with E-state index in [9.17, 15) is 4.39 Å². The Morgan fingerprint density at radius 1 is 1.39 bits per heavy atom. The number of nitrogens with one attached hydrogen (secondary N) is 1. The Hall–Kier alpha value is -0.450. The summed E-state index contributed by atoms with van der Waals surface area (Å²) < 4.78 is 13.9. The smallest absolute Gasteiger partial charge is 0.124 e. The highest BCUT2D eigenvalue weighted by Crippen LogP contribution is 2.14. The van der Waals surface area contributed by atoms with E-state index in [-0.39, 0.29) is 5.82 Å². The molecule has 0 radical (unpaired) electrons. The zero-order valence-electron chi connectivity index (χ0n) is 11.3. The lowest BCUT2D eigenvalue weighted by Gasteiger charge is -2.23. The monoisotopic (exact) mass is 316 g/mol. The standard InChI is InChI=1S/C14H22BrFN2/c1-4-11(2)18(3)6-5-17-10-12-7-13(15)9-14(16)8-12/h7-9,11,17H,4-6,10H2,1-3H3. The molecule has 0 aliphatic heterocycles. The largest absolute Gasteiger partial charge is 0.311 e. The lowest BCUT2D eigenvalue weighted by molar-refractivity contribution is 0.251. The van der Waals surface area contributed by atoms with Gasteiger partial charge in [-0.15, -0.1) is 0 Å². The lowest BCUT2D eigenvalue weighted by Crippen LogP contribution is -2.34. The molecule has 0 aliphatic rings. The van der Waals surface area contributed by atoms with Crippen LogP contribution in [0.1, 0.15) is 25.8 Å². The van der Waals surface area contributed by atoms with Crippen molar-refractivity contribution in [3.63, 3.8) is 0 Å². The molecule has 102 valence electrons. The van der Waals surface area contributed by atoms with Crippen LogP contribution in [0.15, 0.2) is 22.7 Å². The Bertz CT molecular complexity index is 351. The van der Waals surface area contributed by atoms with Crippen molar-refractivity contribution in [3.8, 4) is 0 Å². The van der Waals surface area contributed by atoms with Gasteiger partial charge in [0.1, 0.15) is 5.82 Å². The summed E-state index contributed by atoms with van der Waals surface area (Å²) in [6.45, 7) is 7.04. The van der Waals surface area contributed by atoms with E-state index in [0.29, 0.717) is 12.6 Å². The van der Waals surface area contributed by atoms with Crippen LogP contribution in [0.2, 0.25) is 0 Å². The van der Waals surface area contributed by atoms with Crippen molar-refractivity contribution in [3.05, 3.63) is 34.1 Å². The third-order valence-corrected chi connectivity index (χ3v) is 3.69. The molecule has 0 heterocycles. The van der Waals surface area contributed by atoms with Crippen molar-refractivity contribution >= 4 is 15.9 Å². The molecule has 18 heavy (non-hydrogen) atoms. The SMILES string of the molecule is CCC(C)N(C)CCNCc1cc(F)cc(Br)c1. The maximum Gasteiger partial charge on any atom is 0.124 e. The molecule has 0 amide bonds. The summed E-state index contributed by atoms with van der Waals surface area (Å²) in [5.41, 5.74) is 0.966. The molecule has 1 atom stereocenters. The van der Waals surface area contributed by atoms with Gasteiger partial charge in [-0.05, 0) is 44.2 Å². The first-order valence-corrected chi connectivity index (χ1v) is 7.18. The van der Waals surface area contributed by atoms with Gasteiger partial charge in [0, 0.05) is 30.1 Å². The van der Waals surface area contributed by atoms with Crippen molar-refractivity contribution in [2.75, 3.05) is 20.1 Å². The number of hydrogen-bond acceptors (Lipinski definition) is 2. The van der Waals surface area contributed by atoms with Gasteiger partial charge >= 0.3 is 0 Å². The third kappa shape index (κ3) is 5.46. The third-order valence-electron chi connectivity index (χ3n) is 3.24. The minimum absolute atomic E-state index is 0.196. The number of halogens is 2. The second kappa shape index (κ2) is 7.87. The van der Waals surface area contributed by atoms with Crippen LogP contribution in [0.25, 0.3) is 0 Å². The van der Waals surface area contributed by atoms with Gasteiger partial charge in [-0.1, -0.05) is 22.9 Å². The van der Waals surface area contributed by atoms with Crippen molar-refractivity contribution in [2.24, 2.45) is 0 Å². The minimum Gasteiger partial charge on any atom is -0.311 e. The highest BCUT2D eigenvalue weighted by molar-refractivity contribution is 9.10. The summed E-state index contributed by atoms with van der Waals surface area (Å²) in [5, 5.41) is 3.34. The fourth-order valence-corrected chi connectivity index (χ4v) is 2.25. The van der Waals surface area contributed by atoms with Gasteiger partial charge in [0.05, 0.1) is 0 Å². The van der Waals surface area contributed by atoms with Gasteiger partial charge in [-0.2, -0.15) is 0 Å². The molecule has 2 nitrogen and oxygen atoms in total. The van der Waals surface area contributed by atoms with Gasteiger partial charge < -0.3 is 10.2 Å². The van der Waals surface area contributed by atoms with Gasteiger partial charge in [-0.25, -0.2) is 4.39 Å². The number of nitrogens with zero attached hydrogens (tertiary/aromatic N) is 1. The number of rotatable bonds is 7. The van der Waals surface area contributed by atoms with E-state index < -0.39 is 0 Å². The molecule has 0 aromatic heterocycles.